The molecule has 2 aromatic rings. The predicted molar refractivity (Wildman–Crippen MR) is 93.4 cm³/mol. The van der Waals surface area contributed by atoms with E-state index in [0.29, 0.717) is 24.2 Å². The molecule has 1 saturated carbocycles. The van der Waals surface area contributed by atoms with Gasteiger partial charge in [-0.15, -0.1) is 0 Å². The Morgan fingerprint density at radius 3 is 3.00 bits per heavy atom. The van der Waals surface area contributed by atoms with Gasteiger partial charge in [-0.1, -0.05) is 12.5 Å². The summed E-state index contributed by atoms with van der Waals surface area (Å²) in [5.74, 6) is -0.0311. The molecule has 0 spiro atoms. The van der Waals surface area contributed by atoms with Crippen molar-refractivity contribution in [1.29, 1.82) is 0 Å². The van der Waals surface area contributed by atoms with Crippen LogP contribution in [0.25, 0.3) is 0 Å². The molecule has 1 aliphatic heterocycles. The largest absolute Gasteiger partial charge is 0.471 e. The third-order valence-corrected chi connectivity index (χ3v) is 5.31. The van der Waals surface area contributed by atoms with Gasteiger partial charge in [0.15, 0.2) is 0 Å². The molecule has 2 aromatic heterocycles. The van der Waals surface area contributed by atoms with E-state index < -0.39 is 11.3 Å². The van der Waals surface area contributed by atoms with Gasteiger partial charge in [0.2, 0.25) is 5.88 Å². The fourth-order valence-electron chi connectivity index (χ4n) is 4.14. The van der Waals surface area contributed by atoms with Crippen molar-refractivity contribution in [2.75, 3.05) is 6.54 Å². The molecule has 1 amide bonds. The first-order valence-electron chi connectivity index (χ1n) is 8.84. The summed E-state index contributed by atoms with van der Waals surface area (Å²) in [7, 11) is 0. The summed E-state index contributed by atoms with van der Waals surface area (Å²) in [5, 5.41) is 2.87. The number of nitrogens with one attached hydrogen (secondary N) is 3. The van der Waals surface area contributed by atoms with Gasteiger partial charge in [0.25, 0.3) is 11.5 Å². The first-order valence-corrected chi connectivity index (χ1v) is 8.84. The Labute approximate surface area is 149 Å². The fourth-order valence-corrected chi connectivity index (χ4v) is 4.14. The molecule has 8 nitrogen and oxygen atoms in total. The summed E-state index contributed by atoms with van der Waals surface area (Å²) in [6.45, 7) is 0.405. The van der Waals surface area contributed by atoms with Crippen LogP contribution in [0.5, 0.6) is 5.88 Å². The van der Waals surface area contributed by atoms with Crippen LogP contribution >= 0.6 is 0 Å². The number of ether oxygens (including phenoxy) is 1. The van der Waals surface area contributed by atoms with Gasteiger partial charge < -0.3 is 10.1 Å². The lowest BCUT2D eigenvalue weighted by Gasteiger charge is -2.38. The average Bonchev–Trinajstić information content (AvgIpc) is 2.96. The van der Waals surface area contributed by atoms with Crippen molar-refractivity contribution in [3.8, 4) is 5.88 Å². The topological polar surface area (TPSA) is 117 Å². The highest BCUT2D eigenvalue weighted by Gasteiger charge is 2.51. The molecule has 0 saturated heterocycles. The third kappa shape index (κ3) is 2.81. The Morgan fingerprint density at radius 1 is 1.31 bits per heavy atom. The SMILES string of the molecule is O=C(NCC[C@@]12CCCC[C@@H]1c1c([nH]c(=O)[nH]c1=O)O2)c1ccccn1. The summed E-state index contributed by atoms with van der Waals surface area (Å²) in [5.41, 5.74) is -0.613. The van der Waals surface area contributed by atoms with Crippen molar-refractivity contribution >= 4 is 5.91 Å². The van der Waals surface area contributed by atoms with E-state index in [1.807, 2.05) is 0 Å². The van der Waals surface area contributed by atoms with Crippen LogP contribution in [0, 0.1) is 0 Å². The molecule has 1 fully saturated rings. The highest BCUT2D eigenvalue weighted by molar-refractivity contribution is 5.92. The number of nitrogens with zero attached hydrogens (tertiary/aromatic N) is 1. The number of aromatic amines is 2. The van der Waals surface area contributed by atoms with E-state index in [1.54, 1.807) is 24.4 Å². The summed E-state index contributed by atoms with van der Waals surface area (Å²) in [6, 6.07) is 5.17. The summed E-state index contributed by atoms with van der Waals surface area (Å²) in [4.78, 5) is 44.9. The molecule has 8 heteroatoms. The number of pyridine rings is 1. The molecule has 0 aromatic carbocycles. The molecule has 0 radical (unpaired) electrons. The number of carbonyl (C=O) groups is 1. The standard InChI is InChI=1S/C18H20N4O4/c23-14(12-6-2-4-9-19-12)20-10-8-18-7-3-1-5-11(18)13-15(24)21-17(25)22-16(13)26-18/h2,4,6,9,11H,1,3,5,7-8,10H2,(H,20,23)(H2,21,22,24,25)/t11-,18+/m1/s1. The van der Waals surface area contributed by atoms with Crippen molar-refractivity contribution in [2.24, 2.45) is 0 Å². The summed E-state index contributed by atoms with van der Waals surface area (Å²) in [6.07, 6.45) is 5.75. The molecule has 4 rings (SSSR count). The molecule has 2 aliphatic rings. The lowest BCUT2D eigenvalue weighted by molar-refractivity contribution is 0.0245. The van der Waals surface area contributed by atoms with Gasteiger partial charge in [0.05, 0.1) is 5.56 Å². The molecule has 0 unspecified atom stereocenters. The van der Waals surface area contributed by atoms with Crippen molar-refractivity contribution in [2.45, 2.75) is 43.6 Å². The van der Waals surface area contributed by atoms with E-state index in [9.17, 15) is 14.4 Å². The molecule has 1 aliphatic carbocycles. The number of hydrogen-bond donors (Lipinski definition) is 3. The molecule has 2 atom stereocenters. The van der Waals surface area contributed by atoms with Crippen LogP contribution in [0.4, 0.5) is 0 Å². The number of hydrogen-bond acceptors (Lipinski definition) is 5. The first kappa shape index (κ1) is 16.6. The average molecular weight is 356 g/mol. The van der Waals surface area contributed by atoms with E-state index in [4.69, 9.17) is 4.74 Å². The van der Waals surface area contributed by atoms with E-state index in [-0.39, 0.29) is 23.3 Å². The molecule has 3 N–H and O–H groups in total. The second-order valence-electron chi connectivity index (χ2n) is 6.84. The van der Waals surface area contributed by atoms with Gasteiger partial charge in [0, 0.05) is 25.1 Å². The normalized spacial score (nSPS) is 23.6. The minimum absolute atomic E-state index is 0.0707. The smallest absolute Gasteiger partial charge is 0.328 e. The monoisotopic (exact) mass is 356 g/mol. The number of H-pyrrole nitrogens is 2. The van der Waals surface area contributed by atoms with E-state index >= 15 is 0 Å². The van der Waals surface area contributed by atoms with Crippen molar-refractivity contribution in [1.82, 2.24) is 20.3 Å². The van der Waals surface area contributed by atoms with Gasteiger partial charge in [-0.25, -0.2) is 4.79 Å². The molecular formula is C18H20N4O4. The maximum atomic E-state index is 12.3. The van der Waals surface area contributed by atoms with Crippen LogP contribution in [0.1, 0.15) is 54.1 Å². The van der Waals surface area contributed by atoms with Crippen LogP contribution in [0.15, 0.2) is 34.0 Å². The van der Waals surface area contributed by atoms with Gasteiger partial charge >= 0.3 is 5.69 Å². The maximum Gasteiger partial charge on any atom is 0.328 e. The fraction of sp³-hybridized carbons (Fsp3) is 0.444. The molecule has 0 bridgehead atoms. The lowest BCUT2D eigenvalue weighted by Crippen LogP contribution is -2.44. The minimum atomic E-state index is -0.564. The molecular weight excluding hydrogens is 336 g/mol. The highest BCUT2D eigenvalue weighted by Crippen LogP contribution is 2.51. The Hall–Kier alpha value is -2.90. The van der Waals surface area contributed by atoms with Crippen LogP contribution in [-0.4, -0.2) is 33.0 Å². The Kier molecular flexibility index (Phi) is 4.10. The van der Waals surface area contributed by atoms with E-state index in [2.05, 4.69) is 20.3 Å². The summed E-state index contributed by atoms with van der Waals surface area (Å²) < 4.78 is 6.11. The third-order valence-electron chi connectivity index (χ3n) is 5.31. The van der Waals surface area contributed by atoms with Crippen molar-refractivity contribution in [3.05, 3.63) is 56.5 Å². The zero-order valence-electron chi connectivity index (χ0n) is 14.2. The van der Waals surface area contributed by atoms with Crippen LogP contribution in [0.3, 0.4) is 0 Å². The van der Waals surface area contributed by atoms with Gasteiger partial charge in [-0.2, -0.15) is 0 Å². The molecule has 3 heterocycles. The van der Waals surface area contributed by atoms with Crippen LogP contribution in [0.2, 0.25) is 0 Å². The number of amides is 1. The summed E-state index contributed by atoms with van der Waals surface area (Å²) >= 11 is 0. The van der Waals surface area contributed by atoms with Gasteiger partial charge in [-0.05, 0) is 31.4 Å². The van der Waals surface area contributed by atoms with Gasteiger partial charge in [-0.3, -0.25) is 24.5 Å². The van der Waals surface area contributed by atoms with Crippen molar-refractivity contribution in [3.63, 3.8) is 0 Å². The Morgan fingerprint density at radius 2 is 2.19 bits per heavy atom. The quantitative estimate of drug-likeness (QED) is 0.757. The lowest BCUT2D eigenvalue weighted by atomic mass is 9.72. The zero-order chi connectivity index (χ0) is 18.1. The van der Waals surface area contributed by atoms with Crippen molar-refractivity contribution < 1.29 is 9.53 Å². The number of rotatable bonds is 4. The second kappa shape index (κ2) is 6.44. The van der Waals surface area contributed by atoms with Crippen LogP contribution in [-0.2, 0) is 0 Å². The first-order chi connectivity index (χ1) is 12.6. The maximum absolute atomic E-state index is 12.3. The van der Waals surface area contributed by atoms with E-state index in [1.165, 1.54) is 0 Å². The van der Waals surface area contributed by atoms with Crippen LogP contribution < -0.4 is 21.3 Å². The number of fused-ring (bicyclic) bond motifs is 3. The Balaban J connectivity index is 1.52. The Bertz CT molecular complexity index is 936. The minimum Gasteiger partial charge on any atom is -0.471 e. The van der Waals surface area contributed by atoms with Gasteiger partial charge in [0.1, 0.15) is 11.3 Å². The number of carbonyl (C=O) groups excluding carboxylic acids is 1. The highest BCUT2D eigenvalue weighted by atomic mass is 16.5. The second-order valence-corrected chi connectivity index (χ2v) is 6.84. The predicted octanol–water partition coefficient (Wildman–Crippen LogP) is 1.07. The zero-order valence-corrected chi connectivity index (χ0v) is 14.2. The number of aromatic nitrogens is 3. The molecule has 136 valence electrons. The van der Waals surface area contributed by atoms with E-state index in [0.717, 1.165) is 25.7 Å². The molecule has 26 heavy (non-hydrogen) atoms.